The van der Waals surface area contributed by atoms with E-state index >= 15 is 17.6 Å². The van der Waals surface area contributed by atoms with Gasteiger partial charge in [-0.05, 0) is 141 Å². The number of anilines is 2. The molecule has 3 aromatic carbocycles. The number of nitrogens with two attached hydrogens (primary N) is 2. The minimum Gasteiger partial charge on any atom is -0.462 e. The maximum absolute atomic E-state index is 15.0. The van der Waals surface area contributed by atoms with E-state index in [1.54, 1.807) is 12.1 Å². The molecule has 0 bridgehead atoms. The zero-order valence-electron chi connectivity index (χ0n) is 36.7. The average molecular weight is 959 g/mol. The van der Waals surface area contributed by atoms with E-state index in [-0.39, 0.29) is 80.8 Å². The highest BCUT2D eigenvalue weighted by Gasteiger charge is 2.45. The fraction of sp³-hybridized carbons (Fsp3) is 0.510. The van der Waals surface area contributed by atoms with E-state index in [1.807, 2.05) is 0 Å². The summed E-state index contributed by atoms with van der Waals surface area (Å²) in [6.07, 6.45) is -9.37. The molecule has 5 rings (SSSR count). The molecule has 18 heteroatoms. The summed E-state index contributed by atoms with van der Waals surface area (Å²) in [6.45, 7) is -0.553. The zero-order chi connectivity index (χ0) is 48.8. The van der Waals surface area contributed by atoms with Gasteiger partial charge in [-0.15, -0.1) is 0 Å². The topological polar surface area (TPSA) is 123 Å². The summed E-state index contributed by atoms with van der Waals surface area (Å²) in [5.41, 5.74) is 14.1. The molecule has 67 heavy (non-hydrogen) atoms. The molecule has 2 saturated carbocycles. The third-order valence-electron chi connectivity index (χ3n) is 12.3. The quantitative estimate of drug-likeness (QED) is 0.0468. The molecule has 2 fully saturated rings. The lowest BCUT2D eigenvalue weighted by Gasteiger charge is -2.33. The predicted molar refractivity (Wildman–Crippen MR) is 233 cm³/mol. The molecule has 0 atom stereocenters. The van der Waals surface area contributed by atoms with Gasteiger partial charge in [0.05, 0.1) is 17.8 Å². The molecule has 2 aliphatic carbocycles. The van der Waals surface area contributed by atoms with Crippen molar-refractivity contribution in [2.75, 3.05) is 24.7 Å². The third-order valence-corrected chi connectivity index (χ3v) is 12.3. The molecule has 0 aromatic heterocycles. The molecule has 8 nitrogen and oxygen atoms in total. The van der Waals surface area contributed by atoms with Crippen LogP contribution in [0, 0.1) is 23.7 Å². The van der Waals surface area contributed by atoms with E-state index in [4.69, 9.17) is 30.4 Å². The first-order chi connectivity index (χ1) is 31.5. The first kappa shape index (κ1) is 52.5. The Morgan fingerprint density at radius 1 is 0.567 bits per heavy atom. The summed E-state index contributed by atoms with van der Waals surface area (Å²) in [6, 6.07) is 15.8. The predicted octanol–water partition coefficient (Wildman–Crippen LogP) is 13.5. The lowest BCUT2D eigenvalue weighted by atomic mass is 9.79. The van der Waals surface area contributed by atoms with Crippen LogP contribution in [0.1, 0.15) is 112 Å². The van der Waals surface area contributed by atoms with Crippen molar-refractivity contribution < 1.29 is 72.4 Å². The fourth-order valence-corrected chi connectivity index (χ4v) is 8.51. The van der Waals surface area contributed by atoms with Crippen molar-refractivity contribution >= 4 is 35.5 Å². The highest BCUT2D eigenvalue weighted by atomic mass is 19.4. The van der Waals surface area contributed by atoms with E-state index in [0.717, 1.165) is 12.2 Å². The molecule has 0 aliphatic heterocycles. The van der Waals surface area contributed by atoms with Crippen LogP contribution in [0.25, 0.3) is 12.2 Å². The second-order valence-corrected chi connectivity index (χ2v) is 17.4. The number of esters is 2. The summed E-state index contributed by atoms with van der Waals surface area (Å²) in [4.78, 5) is 25.5. The van der Waals surface area contributed by atoms with Crippen molar-refractivity contribution in [3.8, 4) is 11.5 Å². The fourth-order valence-electron chi connectivity index (χ4n) is 8.51. The van der Waals surface area contributed by atoms with Crippen molar-refractivity contribution in [2.24, 2.45) is 23.7 Å². The minimum atomic E-state index is -4.23. The largest absolute Gasteiger partial charge is 0.462 e. The van der Waals surface area contributed by atoms with Crippen LogP contribution in [0.5, 0.6) is 11.5 Å². The summed E-state index contributed by atoms with van der Waals surface area (Å²) < 4.78 is 156. The van der Waals surface area contributed by atoms with Crippen molar-refractivity contribution in [1.82, 2.24) is 0 Å². The molecule has 368 valence electrons. The van der Waals surface area contributed by atoms with E-state index in [2.05, 4.69) is 0 Å². The van der Waals surface area contributed by atoms with Crippen molar-refractivity contribution in [1.29, 1.82) is 0 Å². The highest BCUT2D eigenvalue weighted by molar-refractivity contribution is 5.87. The molecule has 0 radical (unpaired) electrons. The van der Waals surface area contributed by atoms with E-state index in [9.17, 15) is 35.9 Å². The van der Waals surface area contributed by atoms with Gasteiger partial charge in [0.25, 0.3) is 0 Å². The van der Waals surface area contributed by atoms with Gasteiger partial charge in [-0.25, -0.2) is 9.59 Å². The van der Waals surface area contributed by atoms with Crippen LogP contribution in [-0.2, 0) is 19.1 Å². The van der Waals surface area contributed by atoms with Gasteiger partial charge < -0.3 is 30.4 Å². The lowest BCUT2D eigenvalue weighted by Crippen LogP contribution is -2.37. The van der Waals surface area contributed by atoms with Gasteiger partial charge in [0.2, 0.25) is 0 Å². The van der Waals surface area contributed by atoms with Gasteiger partial charge in [-0.3, -0.25) is 0 Å². The SMILES string of the molecule is Nc1ccc(C(COC(=O)/C=C/c2ccc(OC(F)(F)C3CCC(CCCC(F)(F)F)CC3)cc2)COC(=O)/C=C/c2ccc(OC(F)(F)C3CCC(CCCC(F)(F)F)CC3)cc2)c(N)c1. The van der Waals surface area contributed by atoms with E-state index < -0.39 is 67.1 Å². The number of rotatable bonds is 21. The Kier molecular flexibility index (Phi) is 18.5. The highest BCUT2D eigenvalue weighted by Crippen LogP contribution is 2.43. The summed E-state index contributed by atoms with van der Waals surface area (Å²) in [5.74, 6) is -4.70. The van der Waals surface area contributed by atoms with Crippen molar-refractivity contribution in [3.63, 3.8) is 0 Å². The standard InChI is InChI=1S/C49H56F10N2O6/c50-46(51,52)27-1-3-32-5-15-37(16-6-32)48(56,57)66-40-20-9-34(10-21-40)13-25-44(62)64-30-36(42-24-19-39(60)29-43(42)61)31-65-45(63)26-14-35-11-22-41(23-12-35)67-49(58,59)38-17-7-33(8-18-38)4-2-28-47(53,54)55/h9-14,19-26,29,32-33,36-38H,1-8,15-18,27-28,30-31,60-61H2/b25-13+,26-14+. The lowest BCUT2D eigenvalue weighted by molar-refractivity contribution is -0.224. The monoisotopic (exact) mass is 958 g/mol. The van der Waals surface area contributed by atoms with Crippen LogP contribution in [0.2, 0.25) is 0 Å². The number of alkyl halides is 10. The number of benzene rings is 3. The Labute approximate surface area is 383 Å². The normalized spacial score (nSPS) is 20.1. The van der Waals surface area contributed by atoms with Crippen LogP contribution >= 0.6 is 0 Å². The van der Waals surface area contributed by atoms with E-state index in [1.165, 1.54) is 66.7 Å². The van der Waals surface area contributed by atoms with Crippen LogP contribution in [-0.4, -0.2) is 49.7 Å². The number of nitrogen functional groups attached to an aromatic ring is 2. The minimum absolute atomic E-state index is 0.0207. The second kappa shape index (κ2) is 23.5. The van der Waals surface area contributed by atoms with Gasteiger partial charge in [-0.1, -0.05) is 43.2 Å². The zero-order valence-corrected chi connectivity index (χ0v) is 36.7. The maximum atomic E-state index is 15.0. The van der Waals surface area contributed by atoms with Crippen LogP contribution < -0.4 is 20.9 Å². The van der Waals surface area contributed by atoms with Gasteiger partial charge >= 0.3 is 36.5 Å². The first-order valence-electron chi connectivity index (χ1n) is 22.4. The summed E-state index contributed by atoms with van der Waals surface area (Å²) >= 11 is 0. The summed E-state index contributed by atoms with van der Waals surface area (Å²) in [7, 11) is 0. The molecule has 0 spiro atoms. The van der Waals surface area contributed by atoms with E-state index in [0.29, 0.717) is 60.9 Å². The number of hydrogen-bond donors (Lipinski definition) is 2. The Hall–Kier alpha value is -5.42. The third kappa shape index (κ3) is 18.0. The first-order valence-corrected chi connectivity index (χ1v) is 22.4. The van der Waals surface area contributed by atoms with Crippen LogP contribution in [0.3, 0.4) is 0 Å². The van der Waals surface area contributed by atoms with Gasteiger partial charge in [0, 0.05) is 36.4 Å². The number of carbonyl (C=O) groups excluding carboxylic acids is 2. The van der Waals surface area contributed by atoms with Crippen molar-refractivity contribution in [3.05, 3.63) is 95.6 Å². The average Bonchev–Trinajstić information content (AvgIpc) is 3.25. The summed E-state index contributed by atoms with van der Waals surface area (Å²) in [5, 5.41) is 0. The Bertz CT molecular complexity index is 1970. The molecule has 3 aromatic rings. The Morgan fingerprint density at radius 3 is 1.31 bits per heavy atom. The molecule has 0 saturated heterocycles. The van der Waals surface area contributed by atoms with Gasteiger partial charge in [0.1, 0.15) is 24.7 Å². The smallest absolute Gasteiger partial charge is 0.400 e. The number of carbonyl (C=O) groups is 2. The van der Waals surface area contributed by atoms with Crippen LogP contribution in [0.15, 0.2) is 78.9 Å². The van der Waals surface area contributed by atoms with Crippen molar-refractivity contribution in [2.45, 2.75) is 120 Å². The number of ether oxygens (including phenoxy) is 4. The molecular formula is C49H56F10N2O6. The molecule has 4 N–H and O–H groups in total. The molecule has 2 aliphatic rings. The molecular weight excluding hydrogens is 903 g/mol. The second-order valence-electron chi connectivity index (χ2n) is 17.4. The molecule has 0 unspecified atom stereocenters. The maximum Gasteiger partial charge on any atom is 0.400 e. The number of halogens is 10. The number of hydrogen-bond acceptors (Lipinski definition) is 8. The Morgan fingerprint density at radius 2 is 0.955 bits per heavy atom. The molecule has 0 heterocycles. The molecule has 0 amide bonds. The van der Waals surface area contributed by atoms with Gasteiger partial charge in [0.15, 0.2) is 0 Å². The van der Waals surface area contributed by atoms with Crippen LogP contribution in [0.4, 0.5) is 55.3 Å². The Balaban J connectivity index is 1.07. The van der Waals surface area contributed by atoms with Gasteiger partial charge in [-0.2, -0.15) is 43.9 Å².